The molecule has 5 aliphatic carbocycles. The molecule has 75 heavy (non-hydrogen) atoms. The lowest BCUT2D eigenvalue weighted by Crippen LogP contribution is -2.67. The van der Waals surface area contributed by atoms with Gasteiger partial charge in [0.2, 0.25) is 6.29 Å². The number of aliphatic hydroxyl groups is 13. The maximum absolute atomic E-state index is 15.1. The summed E-state index contributed by atoms with van der Waals surface area (Å²) in [6.07, 6.45) is -21.1. The minimum Gasteiger partial charge on any atom is -0.432 e. The van der Waals surface area contributed by atoms with Crippen LogP contribution in [0.25, 0.3) is 0 Å². The van der Waals surface area contributed by atoms with E-state index in [-0.39, 0.29) is 52.6 Å². The van der Waals surface area contributed by atoms with Gasteiger partial charge in [0.1, 0.15) is 85.5 Å². The van der Waals surface area contributed by atoms with Crippen LogP contribution in [0.3, 0.4) is 0 Å². The molecule has 8 fully saturated rings. The summed E-state index contributed by atoms with van der Waals surface area (Å²) in [7, 11) is 0. The fourth-order valence-electron chi connectivity index (χ4n) is 16.1. The first-order valence-corrected chi connectivity index (χ1v) is 27.3. The molecule has 9 aliphatic rings. The quantitative estimate of drug-likeness (QED) is 0.0643. The lowest BCUT2D eigenvalue weighted by atomic mass is 9.33. The van der Waals surface area contributed by atoms with E-state index < -0.39 is 153 Å². The average Bonchev–Trinajstić information content (AvgIpc) is 3.37. The highest BCUT2D eigenvalue weighted by atomic mass is 16.8. The molecule has 28 atom stereocenters. The molecule has 0 aromatic rings. The summed E-state index contributed by atoms with van der Waals surface area (Å²) in [6.45, 7) is 13.2. The van der Waals surface area contributed by atoms with E-state index in [4.69, 9.17) is 37.9 Å². The first-order valence-electron chi connectivity index (χ1n) is 27.3. The zero-order chi connectivity index (χ0) is 54.7. The molecular weight excluding hydrogens is 989 g/mol. The second-order valence-electron chi connectivity index (χ2n) is 25.7. The number of aliphatic hydroxyl groups excluding tert-OH is 13. The number of hydrogen-bond donors (Lipinski definition) is 13. The van der Waals surface area contributed by atoms with Crippen LogP contribution in [0.15, 0.2) is 11.6 Å². The molecule has 4 saturated carbocycles. The molecule has 4 heterocycles. The van der Waals surface area contributed by atoms with Gasteiger partial charge in [-0.3, -0.25) is 4.79 Å². The average molecular weight is 1080 g/mol. The molecule has 4 saturated heterocycles. The Kier molecular flexibility index (Phi) is 16.3. The van der Waals surface area contributed by atoms with E-state index in [2.05, 4.69) is 40.7 Å². The Labute approximate surface area is 437 Å². The van der Waals surface area contributed by atoms with Crippen LogP contribution in [0.5, 0.6) is 0 Å². The van der Waals surface area contributed by atoms with Gasteiger partial charge in [0.05, 0.1) is 44.1 Å². The van der Waals surface area contributed by atoms with Gasteiger partial charge in [-0.05, 0) is 111 Å². The van der Waals surface area contributed by atoms with Crippen molar-refractivity contribution < 1.29 is 109 Å². The second kappa shape index (κ2) is 21.1. The summed E-state index contributed by atoms with van der Waals surface area (Å²) < 4.78 is 47.0. The van der Waals surface area contributed by atoms with Gasteiger partial charge in [0.15, 0.2) is 18.9 Å². The van der Waals surface area contributed by atoms with Crippen molar-refractivity contribution in [3.8, 4) is 0 Å². The normalized spacial score (nSPS) is 54.8. The molecule has 22 nitrogen and oxygen atoms in total. The third kappa shape index (κ3) is 9.50. The van der Waals surface area contributed by atoms with Crippen molar-refractivity contribution in [2.45, 2.75) is 235 Å². The van der Waals surface area contributed by atoms with Crippen LogP contribution in [0, 0.1) is 50.2 Å². The molecule has 22 heteroatoms. The van der Waals surface area contributed by atoms with E-state index >= 15 is 4.79 Å². The van der Waals surface area contributed by atoms with Crippen molar-refractivity contribution in [3.63, 3.8) is 0 Å². The maximum atomic E-state index is 15.1. The van der Waals surface area contributed by atoms with Crippen LogP contribution in [0.4, 0.5) is 0 Å². The number of fused-ring (bicyclic) bond motifs is 7. The summed E-state index contributed by atoms with van der Waals surface area (Å²) >= 11 is 0. The summed E-state index contributed by atoms with van der Waals surface area (Å²) in [5.41, 5.74) is -1.46. The zero-order valence-corrected chi connectivity index (χ0v) is 44.2. The van der Waals surface area contributed by atoms with Crippen LogP contribution in [-0.2, 0) is 42.7 Å². The molecule has 0 spiro atoms. The van der Waals surface area contributed by atoms with Crippen molar-refractivity contribution in [1.29, 1.82) is 0 Å². The standard InChI is InChI=1S/C53H86O22/c1-23-32(57)35(60)39(64)45(70-23)74-42-27(19-54)71-43(41(66)37(42)62)69-21-28-34(59)36(61)40(65)46(72-28)75-47(67)53-16-14-48(2,3)18-25(53)24-8-9-30-49(4)12-11-31(73-44-38(63)33(58)26(56)20-68-44)50(5,22-55)29(49)10-13-52(30,7)51(24,6)15-17-53/h8,23,25-46,54-66H,9-22H2,1-7H3/t23-,25-,26+,27+,28+,29+,30-,31-,32-,33+,34+,35+,36-,37+,38-,39+,40+,41+,42+,43+,44+,45-,46-,49-,50-,51-,52+,53-/m0/s1. The number of allylic oxidation sites excluding steroid dienone is 2. The number of rotatable bonds is 11. The van der Waals surface area contributed by atoms with Crippen molar-refractivity contribution >= 4 is 5.97 Å². The van der Waals surface area contributed by atoms with Crippen molar-refractivity contribution in [2.24, 2.45) is 50.2 Å². The summed E-state index contributed by atoms with van der Waals surface area (Å²) in [6, 6.07) is 0. The molecule has 0 aromatic carbocycles. The van der Waals surface area contributed by atoms with Crippen molar-refractivity contribution in [1.82, 2.24) is 0 Å². The molecule has 0 unspecified atom stereocenters. The number of ether oxygens (including phenoxy) is 8. The summed E-state index contributed by atoms with van der Waals surface area (Å²) in [4.78, 5) is 15.1. The Morgan fingerprint density at radius 3 is 1.97 bits per heavy atom. The molecule has 13 N–H and O–H groups in total. The van der Waals surface area contributed by atoms with Crippen LogP contribution in [0.2, 0.25) is 0 Å². The molecule has 4 aliphatic heterocycles. The number of esters is 1. The molecule has 9 rings (SSSR count). The van der Waals surface area contributed by atoms with Gasteiger partial charge in [-0.2, -0.15) is 0 Å². The van der Waals surface area contributed by atoms with Crippen LogP contribution < -0.4 is 0 Å². The first-order chi connectivity index (χ1) is 35.1. The summed E-state index contributed by atoms with van der Waals surface area (Å²) in [5.74, 6) is -0.615. The summed E-state index contributed by atoms with van der Waals surface area (Å²) in [5, 5.41) is 139. The largest absolute Gasteiger partial charge is 0.432 e. The highest BCUT2D eigenvalue weighted by Gasteiger charge is 2.70. The van der Waals surface area contributed by atoms with Crippen LogP contribution in [-0.4, -0.2) is 222 Å². The fourth-order valence-corrected chi connectivity index (χ4v) is 16.1. The number of hydrogen-bond acceptors (Lipinski definition) is 22. The van der Waals surface area contributed by atoms with E-state index in [1.807, 2.05) is 6.92 Å². The fraction of sp³-hybridized carbons (Fsp3) is 0.943. The van der Waals surface area contributed by atoms with Crippen molar-refractivity contribution in [3.05, 3.63) is 11.6 Å². The third-order valence-electron chi connectivity index (χ3n) is 21.1. The molecule has 0 bridgehead atoms. The van der Waals surface area contributed by atoms with E-state index in [0.717, 1.165) is 25.7 Å². The Morgan fingerprint density at radius 2 is 1.28 bits per heavy atom. The topological polar surface area (TPSA) is 354 Å². The third-order valence-corrected chi connectivity index (χ3v) is 21.1. The monoisotopic (exact) mass is 1070 g/mol. The number of carbonyl (C=O) groups excluding carboxylic acids is 1. The molecule has 430 valence electrons. The Hall–Kier alpha value is -1.59. The minimum absolute atomic E-state index is 0.0319. The minimum atomic E-state index is -1.87. The number of carbonyl (C=O) groups is 1. The Balaban J connectivity index is 0.898. The molecule has 0 radical (unpaired) electrons. The maximum Gasteiger partial charge on any atom is 0.315 e. The molecule has 0 amide bonds. The molecule has 0 aromatic heterocycles. The van der Waals surface area contributed by atoms with Crippen molar-refractivity contribution in [2.75, 3.05) is 26.4 Å². The lowest BCUT2D eigenvalue weighted by molar-refractivity contribution is -0.361. The first kappa shape index (κ1) is 58.1. The van der Waals surface area contributed by atoms with Crippen LogP contribution in [0.1, 0.15) is 113 Å². The van der Waals surface area contributed by atoms with Gasteiger partial charge in [-0.25, -0.2) is 0 Å². The lowest BCUT2D eigenvalue weighted by Gasteiger charge is -2.71. The van der Waals surface area contributed by atoms with Gasteiger partial charge < -0.3 is 104 Å². The van der Waals surface area contributed by atoms with Gasteiger partial charge in [-0.1, -0.05) is 53.2 Å². The second-order valence-corrected chi connectivity index (χ2v) is 25.7. The molecular formula is C53H86O22. The van der Waals surface area contributed by atoms with Crippen LogP contribution >= 0.6 is 0 Å². The van der Waals surface area contributed by atoms with E-state index in [1.165, 1.54) is 12.5 Å². The predicted molar refractivity (Wildman–Crippen MR) is 257 cm³/mol. The van der Waals surface area contributed by atoms with E-state index in [9.17, 15) is 66.4 Å². The van der Waals surface area contributed by atoms with Gasteiger partial charge in [0.25, 0.3) is 0 Å². The van der Waals surface area contributed by atoms with Gasteiger partial charge in [-0.15, -0.1) is 0 Å². The predicted octanol–water partition coefficient (Wildman–Crippen LogP) is -1.40. The highest BCUT2D eigenvalue weighted by molar-refractivity contribution is 5.79. The van der Waals surface area contributed by atoms with E-state index in [0.29, 0.717) is 38.5 Å². The Morgan fingerprint density at radius 1 is 0.640 bits per heavy atom. The SMILES string of the molecule is C[C@@H]1O[C@@H](O[C@H]2[C@H](O)[C@@H](O)[C@H](OC[C@H]3O[C@@H](OC(=O)[C@]45CCC(C)(C)C[C@H]4C4=CC[C@H]6[C@@]7(C)CC[C@H](O[C@H]8OC[C@@H](O)[C@@H](O)[C@@H]8O)[C@@](C)(CO)[C@@H]7CC[C@@]6(C)[C@@]4(C)CC5)[C@H](O)[C@@H](O)[C@@H]3O)O[C@@H]2CO)[C@H](O)[C@H](O)[C@H]1O. The Bertz CT molecular complexity index is 2060. The van der Waals surface area contributed by atoms with E-state index in [1.54, 1.807) is 0 Å². The zero-order valence-electron chi connectivity index (χ0n) is 44.2. The van der Waals surface area contributed by atoms with Gasteiger partial charge >= 0.3 is 5.97 Å². The van der Waals surface area contributed by atoms with Gasteiger partial charge in [0, 0.05) is 5.41 Å². The highest BCUT2D eigenvalue weighted by Crippen LogP contribution is 2.76. The smallest absolute Gasteiger partial charge is 0.315 e.